The van der Waals surface area contributed by atoms with Crippen molar-refractivity contribution in [3.63, 3.8) is 0 Å². The van der Waals surface area contributed by atoms with Crippen LogP contribution in [-0.4, -0.2) is 66.0 Å². The molecule has 1 aliphatic rings. The molecule has 0 heterocycles. The average Bonchev–Trinajstić information content (AvgIpc) is 2.37. The first-order valence-corrected chi connectivity index (χ1v) is 7.36. The number of aliphatic carboxylic acids is 1. The van der Waals surface area contributed by atoms with Crippen LogP contribution in [0.4, 0.5) is 4.79 Å². The lowest BCUT2D eigenvalue weighted by molar-refractivity contribution is -0.153. The van der Waals surface area contributed by atoms with Crippen LogP contribution in [0.25, 0.3) is 0 Å². The number of hydrogen-bond acceptors (Lipinski definition) is 3. The van der Waals surface area contributed by atoms with Gasteiger partial charge in [0.15, 0.2) is 0 Å². The van der Waals surface area contributed by atoms with Gasteiger partial charge in [0.05, 0.1) is 5.41 Å². The van der Waals surface area contributed by atoms with E-state index in [-0.39, 0.29) is 19.0 Å². The summed E-state index contributed by atoms with van der Waals surface area (Å²) in [5.74, 6) is -0.981. The van der Waals surface area contributed by atoms with Gasteiger partial charge in [0.25, 0.3) is 0 Å². The molecule has 1 aliphatic carbocycles. The summed E-state index contributed by atoms with van der Waals surface area (Å²) in [7, 11) is 1.53. The molecule has 1 rings (SSSR count). The molecule has 0 aromatic rings. The van der Waals surface area contributed by atoms with E-state index >= 15 is 0 Å². The van der Waals surface area contributed by atoms with Crippen LogP contribution in [-0.2, 0) is 9.59 Å². The van der Waals surface area contributed by atoms with Crippen molar-refractivity contribution in [1.29, 1.82) is 0 Å². The van der Waals surface area contributed by atoms with Gasteiger partial charge in [0, 0.05) is 26.7 Å². The fourth-order valence-electron chi connectivity index (χ4n) is 2.40. The number of carboxylic acid groups (broad SMARTS) is 1. The summed E-state index contributed by atoms with van der Waals surface area (Å²) < 4.78 is 0. The lowest BCUT2D eigenvalue weighted by atomic mass is 9.69. The molecule has 21 heavy (non-hydrogen) atoms. The summed E-state index contributed by atoms with van der Waals surface area (Å²) in [6.07, 6.45) is 2.05. The van der Waals surface area contributed by atoms with Crippen LogP contribution in [0.5, 0.6) is 0 Å². The normalized spacial score (nSPS) is 15.8. The van der Waals surface area contributed by atoms with Crippen LogP contribution in [0.2, 0.25) is 0 Å². The largest absolute Gasteiger partial charge is 0.481 e. The van der Waals surface area contributed by atoms with Crippen molar-refractivity contribution in [3.05, 3.63) is 0 Å². The molecule has 7 heteroatoms. The van der Waals surface area contributed by atoms with Crippen molar-refractivity contribution in [2.75, 3.05) is 33.2 Å². The first-order valence-electron chi connectivity index (χ1n) is 7.36. The van der Waals surface area contributed by atoms with Gasteiger partial charge < -0.3 is 20.2 Å². The lowest BCUT2D eigenvalue weighted by Gasteiger charge is -2.38. The molecular formula is C14H25N3O4. The topological polar surface area (TPSA) is 90.0 Å². The quantitative estimate of drug-likeness (QED) is 0.726. The Balaban J connectivity index is 2.44. The molecule has 0 aliphatic heterocycles. The average molecular weight is 299 g/mol. The number of carbonyl (C=O) groups is 3. The number of amides is 3. The number of urea groups is 1. The molecule has 0 unspecified atom stereocenters. The number of carbonyl (C=O) groups excluding carboxylic acids is 2. The third kappa shape index (κ3) is 4.09. The molecule has 1 saturated carbocycles. The summed E-state index contributed by atoms with van der Waals surface area (Å²) in [4.78, 5) is 38.0. The van der Waals surface area contributed by atoms with E-state index in [1.54, 1.807) is 4.90 Å². The Morgan fingerprint density at radius 2 is 1.76 bits per heavy atom. The van der Waals surface area contributed by atoms with Crippen molar-refractivity contribution >= 4 is 17.9 Å². The van der Waals surface area contributed by atoms with Gasteiger partial charge in [-0.3, -0.25) is 9.59 Å². The zero-order chi connectivity index (χ0) is 16.0. The van der Waals surface area contributed by atoms with Crippen molar-refractivity contribution in [2.45, 2.75) is 33.1 Å². The van der Waals surface area contributed by atoms with Gasteiger partial charge >= 0.3 is 12.0 Å². The predicted octanol–water partition coefficient (Wildman–Crippen LogP) is 0.751. The second-order valence-electron chi connectivity index (χ2n) is 5.52. The highest BCUT2D eigenvalue weighted by molar-refractivity contribution is 5.84. The molecule has 2 N–H and O–H groups in total. The highest BCUT2D eigenvalue weighted by Crippen LogP contribution is 2.40. The van der Waals surface area contributed by atoms with Gasteiger partial charge in [-0.25, -0.2) is 4.79 Å². The van der Waals surface area contributed by atoms with Crippen LogP contribution in [0, 0.1) is 5.41 Å². The summed E-state index contributed by atoms with van der Waals surface area (Å²) >= 11 is 0. The van der Waals surface area contributed by atoms with Gasteiger partial charge in [-0.05, 0) is 26.7 Å². The maximum absolute atomic E-state index is 11.9. The molecule has 0 bridgehead atoms. The highest BCUT2D eigenvalue weighted by Gasteiger charge is 2.44. The third-order valence-corrected chi connectivity index (χ3v) is 4.18. The second kappa shape index (κ2) is 7.28. The molecular weight excluding hydrogens is 274 g/mol. The number of likely N-dealkylation sites (N-methyl/N-ethyl adjacent to an activating group) is 2. The van der Waals surface area contributed by atoms with E-state index in [1.165, 1.54) is 11.9 Å². The van der Waals surface area contributed by atoms with Gasteiger partial charge in [-0.1, -0.05) is 6.42 Å². The van der Waals surface area contributed by atoms with Crippen LogP contribution in [0.3, 0.4) is 0 Å². The summed E-state index contributed by atoms with van der Waals surface area (Å²) in [5.41, 5.74) is -0.820. The van der Waals surface area contributed by atoms with Crippen LogP contribution in [0.1, 0.15) is 33.1 Å². The number of carboxylic acids is 1. The summed E-state index contributed by atoms with van der Waals surface area (Å²) in [6, 6.07) is -0.414. The second-order valence-corrected chi connectivity index (χ2v) is 5.52. The minimum Gasteiger partial charge on any atom is -0.481 e. The van der Waals surface area contributed by atoms with Gasteiger partial charge in [0.1, 0.15) is 6.54 Å². The zero-order valence-corrected chi connectivity index (χ0v) is 13.0. The molecule has 3 amide bonds. The Morgan fingerprint density at radius 1 is 1.19 bits per heavy atom. The van der Waals surface area contributed by atoms with E-state index in [9.17, 15) is 19.5 Å². The van der Waals surface area contributed by atoms with Gasteiger partial charge in [0.2, 0.25) is 5.91 Å². The Hall–Kier alpha value is -1.79. The Labute approximate surface area is 125 Å². The monoisotopic (exact) mass is 299 g/mol. The lowest BCUT2D eigenvalue weighted by Crippen LogP contribution is -2.51. The van der Waals surface area contributed by atoms with E-state index in [0.29, 0.717) is 25.9 Å². The van der Waals surface area contributed by atoms with Crippen molar-refractivity contribution in [2.24, 2.45) is 5.41 Å². The summed E-state index contributed by atoms with van der Waals surface area (Å²) in [5, 5.41) is 11.8. The molecule has 0 radical (unpaired) electrons. The number of nitrogens with zero attached hydrogens (tertiary/aromatic N) is 2. The number of nitrogens with one attached hydrogen (secondary N) is 1. The highest BCUT2D eigenvalue weighted by atomic mass is 16.4. The first kappa shape index (κ1) is 17.3. The van der Waals surface area contributed by atoms with Crippen molar-refractivity contribution < 1.29 is 19.5 Å². The molecule has 120 valence electrons. The Morgan fingerprint density at radius 3 is 2.14 bits per heavy atom. The number of rotatable bonds is 7. The summed E-state index contributed by atoms with van der Waals surface area (Å²) in [6.45, 7) is 5.09. The predicted molar refractivity (Wildman–Crippen MR) is 77.9 cm³/mol. The zero-order valence-electron chi connectivity index (χ0n) is 13.0. The Kier molecular flexibility index (Phi) is 5.99. The first-order chi connectivity index (χ1) is 9.86. The molecule has 1 fully saturated rings. The van der Waals surface area contributed by atoms with Crippen molar-refractivity contribution in [3.8, 4) is 0 Å². The standard InChI is InChI=1S/C14H25N3O4/c1-4-17(5-2)11(18)9-16(3)13(21)15-10-14(12(19)20)7-6-8-14/h4-10H2,1-3H3,(H,15,21)(H,19,20). The fraction of sp³-hybridized carbons (Fsp3) is 0.786. The van der Waals surface area contributed by atoms with Gasteiger partial charge in [-0.15, -0.1) is 0 Å². The molecule has 0 aromatic heterocycles. The van der Waals surface area contributed by atoms with E-state index in [2.05, 4.69) is 5.32 Å². The van der Waals surface area contributed by atoms with Gasteiger partial charge in [-0.2, -0.15) is 0 Å². The Bertz CT molecular complexity index is 403. The van der Waals surface area contributed by atoms with Crippen LogP contribution >= 0.6 is 0 Å². The third-order valence-electron chi connectivity index (χ3n) is 4.18. The molecule has 0 atom stereocenters. The van der Waals surface area contributed by atoms with E-state index in [1.807, 2.05) is 13.8 Å². The smallest absolute Gasteiger partial charge is 0.317 e. The minimum absolute atomic E-state index is 0.00636. The maximum Gasteiger partial charge on any atom is 0.317 e. The molecule has 7 nitrogen and oxygen atoms in total. The molecule has 0 saturated heterocycles. The molecule has 0 spiro atoms. The van der Waals surface area contributed by atoms with E-state index < -0.39 is 17.4 Å². The minimum atomic E-state index is -0.865. The maximum atomic E-state index is 11.9. The van der Waals surface area contributed by atoms with E-state index in [4.69, 9.17) is 0 Å². The SMILES string of the molecule is CCN(CC)C(=O)CN(C)C(=O)NCC1(C(=O)O)CCC1. The molecule has 0 aromatic carbocycles. The van der Waals surface area contributed by atoms with Crippen molar-refractivity contribution in [1.82, 2.24) is 15.1 Å². The van der Waals surface area contributed by atoms with E-state index in [0.717, 1.165) is 6.42 Å². The number of hydrogen-bond donors (Lipinski definition) is 2. The van der Waals surface area contributed by atoms with Crippen LogP contribution < -0.4 is 5.32 Å². The fourth-order valence-corrected chi connectivity index (χ4v) is 2.40. The van der Waals surface area contributed by atoms with Crippen LogP contribution in [0.15, 0.2) is 0 Å².